The molecule has 1 heterocycles. The van der Waals surface area contributed by atoms with Crippen molar-refractivity contribution in [2.45, 2.75) is 6.61 Å². The quantitative estimate of drug-likeness (QED) is 0.413. The Morgan fingerprint density at radius 2 is 1.70 bits per heavy atom. The largest absolute Gasteiger partial charge is 0.493 e. The Balaban J connectivity index is 1.56. The van der Waals surface area contributed by atoms with Crippen LogP contribution in [0.3, 0.4) is 0 Å². The van der Waals surface area contributed by atoms with Crippen molar-refractivity contribution in [3.8, 4) is 28.7 Å². The SMILES string of the molecule is COc1cc(/C=C2\Oc3cc(OCc4ccc(F)cc4Cl)ccc3C2=O)cc(OC)c1OC. The highest BCUT2D eigenvalue weighted by molar-refractivity contribution is 6.31. The normalized spacial score (nSPS) is 13.5. The van der Waals surface area contributed by atoms with E-state index in [1.54, 1.807) is 42.5 Å². The lowest BCUT2D eigenvalue weighted by Crippen LogP contribution is -1.99. The van der Waals surface area contributed by atoms with Gasteiger partial charge in [0, 0.05) is 11.6 Å². The standard InChI is InChI=1S/C25H20ClFO6/c1-29-22-9-14(10-23(30-2)25(22)31-3)8-21-24(28)18-7-6-17(12-20(18)33-21)32-13-15-4-5-16(27)11-19(15)26/h4-12H,13H2,1-3H3/b21-8-. The number of methoxy groups -OCH3 is 3. The Kier molecular flexibility index (Phi) is 6.42. The molecule has 170 valence electrons. The second-order valence-corrected chi connectivity index (χ2v) is 7.49. The molecule has 0 unspecified atom stereocenters. The monoisotopic (exact) mass is 470 g/mol. The third kappa shape index (κ3) is 4.59. The van der Waals surface area contributed by atoms with E-state index >= 15 is 0 Å². The number of ketones is 1. The highest BCUT2D eigenvalue weighted by Crippen LogP contribution is 2.40. The van der Waals surface area contributed by atoms with Crippen LogP contribution in [-0.2, 0) is 6.61 Å². The molecule has 4 rings (SSSR count). The number of carbonyl (C=O) groups excluding carboxylic acids is 1. The van der Waals surface area contributed by atoms with E-state index in [1.807, 2.05) is 0 Å². The molecule has 0 N–H and O–H groups in total. The lowest BCUT2D eigenvalue weighted by atomic mass is 10.1. The molecular formula is C25H20ClFO6. The maximum atomic E-state index is 13.2. The number of rotatable bonds is 7. The number of ether oxygens (including phenoxy) is 5. The lowest BCUT2D eigenvalue weighted by molar-refractivity contribution is 0.101. The highest BCUT2D eigenvalue weighted by Gasteiger charge is 2.28. The van der Waals surface area contributed by atoms with Crippen LogP contribution in [-0.4, -0.2) is 27.1 Å². The number of hydrogen-bond acceptors (Lipinski definition) is 6. The Bertz CT molecular complexity index is 1230. The van der Waals surface area contributed by atoms with Gasteiger partial charge in [-0.15, -0.1) is 0 Å². The summed E-state index contributed by atoms with van der Waals surface area (Å²) in [5.41, 5.74) is 1.70. The predicted molar refractivity (Wildman–Crippen MR) is 121 cm³/mol. The Labute approximate surface area is 195 Å². The van der Waals surface area contributed by atoms with Crippen LogP contribution in [0.4, 0.5) is 4.39 Å². The van der Waals surface area contributed by atoms with Crippen molar-refractivity contribution < 1.29 is 32.9 Å². The number of carbonyl (C=O) groups is 1. The molecule has 3 aromatic rings. The minimum absolute atomic E-state index is 0.139. The molecule has 8 heteroatoms. The maximum Gasteiger partial charge on any atom is 0.231 e. The fourth-order valence-electron chi connectivity index (χ4n) is 3.39. The van der Waals surface area contributed by atoms with Crippen LogP contribution < -0.4 is 23.7 Å². The van der Waals surface area contributed by atoms with Gasteiger partial charge in [0.2, 0.25) is 11.5 Å². The van der Waals surface area contributed by atoms with Crippen LogP contribution in [0, 0.1) is 5.82 Å². The summed E-state index contributed by atoms with van der Waals surface area (Å²) in [6.45, 7) is 0.139. The molecule has 1 aliphatic heterocycles. The number of hydrogen-bond donors (Lipinski definition) is 0. The van der Waals surface area contributed by atoms with Gasteiger partial charge in [0.15, 0.2) is 17.3 Å². The van der Waals surface area contributed by atoms with Gasteiger partial charge in [-0.2, -0.15) is 0 Å². The van der Waals surface area contributed by atoms with Crippen molar-refractivity contribution in [3.05, 3.63) is 81.8 Å². The average molecular weight is 471 g/mol. The molecule has 0 amide bonds. The van der Waals surface area contributed by atoms with E-state index in [0.717, 1.165) is 0 Å². The van der Waals surface area contributed by atoms with Gasteiger partial charge in [-0.3, -0.25) is 4.79 Å². The van der Waals surface area contributed by atoms with Crippen molar-refractivity contribution >= 4 is 23.5 Å². The smallest absolute Gasteiger partial charge is 0.231 e. The van der Waals surface area contributed by atoms with E-state index in [-0.39, 0.29) is 23.2 Å². The van der Waals surface area contributed by atoms with Crippen molar-refractivity contribution in [2.24, 2.45) is 0 Å². The summed E-state index contributed by atoms with van der Waals surface area (Å²) >= 11 is 6.04. The second kappa shape index (κ2) is 9.42. The van der Waals surface area contributed by atoms with Gasteiger partial charge in [-0.25, -0.2) is 4.39 Å². The zero-order valence-corrected chi connectivity index (χ0v) is 18.9. The highest BCUT2D eigenvalue weighted by atomic mass is 35.5. The molecule has 0 fully saturated rings. The van der Waals surface area contributed by atoms with E-state index in [0.29, 0.717) is 45.4 Å². The summed E-state index contributed by atoms with van der Waals surface area (Å²) in [4.78, 5) is 12.8. The van der Waals surface area contributed by atoms with Crippen LogP contribution in [0.1, 0.15) is 21.5 Å². The van der Waals surface area contributed by atoms with Crippen molar-refractivity contribution in [2.75, 3.05) is 21.3 Å². The first-order valence-corrected chi connectivity index (χ1v) is 10.3. The summed E-state index contributed by atoms with van der Waals surface area (Å²) in [5.74, 6) is 1.71. The average Bonchev–Trinajstić information content (AvgIpc) is 3.12. The summed E-state index contributed by atoms with van der Waals surface area (Å²) < 4.78 is 40.8. The molecule has 0 atom stereocenters. The number of benzene rings is 3. The summed E-state index contributed by atoms with van der Waals surface area (Å²) in [6, 6.07) is 12.5. The molecule has 6 nitrogen and oxygen atoms in total. The third-order valence-corrected chi connectivity index (χ3v) is 5.39. The molecule has 0 saturated carbocycles. The van der Waals surface area contributed by atoms with Gasteiger partial charge in [-0.1, -0.05) is 17.7 Å². The van der Waals surface area contributed by atoms with Gasteiger partial charge in [0.25, 0.3) is 0 Å². The molecule has 0 aliphatic carbocycles. The van der Waals surface area contributed by atoms with Crippen molar-refractivity contribution in [1.29, 1.82) is 0 Å². The topological polar surface area (TPSA) is 63.2 Å². The molecule has 0 radical (unpaired) electrons. The molecule has 0 aromatic heterocycles. The van der Waals surface area contributed by atoms with Crippen LogP contribution in [0.5, 0.6) is 28.7 Å². The molecule has 0 spiro atoms. The van der Waals surface area contributed by atoms with Crippen molar-refractivity contribution in [3.63, 3.8) is 0 Å². The van der Waals surface area contributed by atoms with E-state index in [1.165, 1.54) is 33.5 Å². The summed E-state index contributed by atoms with van der Waals surface area (Å²) in [5, 5.41) is 0.276. The first-order valence-electron chi connectivity index (χ1n) is 9.88. The zero-order chi connectivity index (χ0) is 23.5. The van der Waals surface area contributed by atoms with E-state index in [2.05, 4.69) is 0 Å². The minimum atomic E-state index is -0.417. The molecule has 1 aliphatic rings. The van der Waals surface area contributed by atoms with E-state index in [4.69, 9.17) is 35.3 Å². The predicted octanol–water partition coefficient (Wildman–Crippen LogP) is 5.70. The van der Waals surface area contributed by atoms with Crippen LogP contribution in [0.2, 0.25) is 5.02 Å². The number of allylic oxidation sites excluding steroid dienone is 1. The number of Topliss-reactive ketones (excluding diaryl/α,β-unsaturated/α-hetero) is 1. The van der Waals surface area contributed by atoms with Gasteiger partial charge >= 0.3 is 0 Å². The van der Waals surface area contributed by atoms with Crippen LogP contribution >= 0.6 is 11.6 Å². The summed E-state index contributed by atoms with van der Waals surface area (Å²) in [6.07, 6.45) is 1.60. The maximum absolute atomic E-state index is 13.2. The van der Waals surface area contributed by atoms with Gasteiger partial charge in [0.05, 0.1) is 31.9 Å². The molecule has 0 bridgehead atoms. The van der Waals surface area contributed by atoms with Gasteiger partial charge < -0.3 is 23.7 Å². The van der Waals surface area contributed by atoms with E-state index in [9.17, 15) is 9.18 Å². The molecule has 33 heavy (non-hydrogen) atoms. The lowest BCUT2D eigenvalue weighted by Gasteiger charge is -2.13. The fourth-order valence-corrected chi connectivity index (χ4v) is 3.61. The number of fused-ring (bicyclic) bond motifs is 1. The molecular weight excluding hydrogens is 451 g/mol. The zero-order valence-electron chi connectivity index (χ0n) is 18.1. The van der Waals surface area contributed by atoms with Crippen LogP contribution in [0.15, 0.2) is 54.3 Å². The Morgan fingerprint density at radius 1 is 0.970 bits per heavy atom. The Morgan fingerprint density at radius 3 is 2.33 bits per heavy atom. The second-order valence-electron chi connectivity index (χ2n) is 7.08. The number of halogens is 2. The van der Waals surface area contributed by atoms with Gasteiger partial charge in [0.1, 0.15) is 23.9 Å². The Hall–Kier alpha value is -3.71. The summed E-state index contributed by atoms with van der Waals surface area (Å²) in [7, 11) is 4.55. The minimum Gasteiger partial charge on any atom is -0.493 e. The molecule has 0 saturated heterocycles. The van der Waals surface area contributed by atoms with Crippen molar-refractivity contribution in [1.82, 2.24) is 0 Å². The third-order valence-electron chi connectivity index (χ3n) is 5.04. The van der Waals surface area contributed by atoms with Crippen LogP contribution in [0.25, 0.3) is 6.08 Å². The van der Waals surface area contributed by atoms with E-state index < -0.39 is 5.82 Å². The fraction of sp³-hybridized carbons (Fsp3) is 0.160. The first-order chi connectivity index (χ1) is 15.9. The van der Waals surface area contributed by atoms with Gasteiger partial charge in [-0.05, 0) is 48.0 Å². The first kappa shape index (κ1) is 22.5. The molecule has 3 aromatic carbocycles.